The molecule has 0 amide bonds. The SMILES string of the molecule is CC(C(=O)C(C)(C)C)c1ccc(CC(C)(C)C(=O)C2CC=CCC2C(=O)O)cc1. The number of carbonyl (C=O) groups excluding carboxylic acids is 2. The summed E-state index contributed by atoms with van der Waals surface area (Å²) < 4.78 is 0. The average molecular weight is 399 g/mol. The van der Waals surface area contributed by atoms with Crippen LogP contribution in [0.3, 0.4) is 0 Å². The summed E-state index contributed by atoms with van der Waals surface area (Å²) in [6.07, 6.45) is 5.22. The summed E-state index contributed by atoms with van der Waals surface area (Å²) in [4.78, 5) is 37.3. The van der Waals surface area contributed by atoms with Gasteiger partial charge in [-0.1, -0.05) is 78.0 Å². The average Bonchev–Trinajstić information content (AvgIpc) is 2.65. The molecule has 4 nitrogen and oxygen atoms in total. The number of benzene rings is 1. The maximum absolute atomic E-state index is 13.2. The Labute approximate surface area is 174 Å². The highest BCUT2D eigenvalue weighted by Crippen LogP contribution is 2.35. The zero-order valence-electron chi connectivity index (χ0n) is 18.5. The van der Waals surface area contributed by atoms with E-state index in [0.29, 0.717) is 19.3 Å². The Kier molecular flexibility index (Phi) is 6.87. The predicted molar refractivity (Wildman–Crippen MR) is 115 cm³/mol. The molecule has 1 N–H and O–H groups in total. The van der Waals surface area contributed by atoms with Crippen LogP contribution >= 0.6 is 0 Å². The standard InChI is InChI=1S/C25H34O4/c1-16(21(26)24(2,3)4)18-13-11-17(12-14-18)15-25(5,6)22(27)19-9-7-8-10-20(19)23(28)29/h7-8,11-14,16,19-20H,9-10,15H2,1-6H3,(H,28,29). The van der Waals surface area contributed by atoms with Gasteiger partial charge in [-0.15, -0.1) is 0 Å². The van der Waals surface area contributed by atoms with Crippen LogP contribution < -0.4 is 0 Å². The molecule has 0 heterocycles. The molecule has 1 aromatic carbocycles. The highest BCUT2D eigenvalue weighted by atomic mass is 16.4. The molecule has 2 rings (SSSR count). The van der Waals surface area contributed by atoms with E-state index in [-0.39, 0.29) is 22.9 Å². The molecule has 1 aromatic rings. The van der Waals surface area contributed by atoms with Gasteiger partial charge in [0.15, 0.2) is 0 Å². The van der Waals surface area contributed by atoms with Crippen LogP contribution in [-0.4, -0.2) is 22.6 Å². The summed E-state index contributed by atoms with van der Waals surface area (Å²) in [6.45, 7) is 11.5. The highest BCUT2D eigenvalue weighted by Gasteiger charge is 2.40. The fourth-order valence-electron chi connectivity index (χ4n) is 4.20. The molecule has 0 aliphatic heterocycles. The van der Waals surface area contributed by atoms with Gasteiger partial charge in [-0.3, -0.25) is 14.4 Å². The lowest BCUT2D eigenvalue weighted by atomic mass is 9.70. The number of allylic oxidation sites excluding steroid dienone is 2. The molecule has 0 spiro atoms. The summed E-state index contributed by atoms with van der Waals surface area (Å²) in [5, 5.41) is 9.48. The Balaban J connectivity index is 2.14. The van der Waals surface area contributed by atoms with E-state index in [9.17, 15) is 19.5 Å². The molecule has 1 aliphatic rings. The van der Waals surface area contributed by atoms with Gasteiger partial charge in [0.25, 0.3) is 0 Å². The van der Waals surface area contributed by atoms with Gasteiger partial charge in [0.05, 0.1) is 5.92 Å². The molecule has 0 bridgehead atoms. The van der Waals surface area contributed by atoms with Gasteiger partial charge < -0.3 is 5.11 Å². The number of rotatable bonds is 7. The third-order valence-electron chi connectivity index (χ3n) is 6.01. The third kappa shape index (κ3) is 5.43. The lowest BCUT2D eigenvalue weighted by molar-refractivity contribution is -0.149. The number of carboxylic acid groups (broad SMARTS) is 1. The minimum atomic E-state index is -0.898. The zero-order chi connectivity index (χ0) is 22.0. The molecule has 3 atom stereocenters. The van der Waals surface area contributed by atoms with Crippen LogP contribution in [0.25, 0.3) is 0 Å². The lowest BCUT2D eigenvalue weighted by Gasteiger charge is -2.32. The summed E-state index contributed by atoms with van der Waals surface area (Å²) in [5.41, 5.74) is 0.946. The van der Waals surface area contributed by atoms with Crippen LogP contribution in [-0.2, 0) is 20.8 Å². The van der Waals surface area contributed by atoms with Crippen LogP contribution in [0.5, 0.6) is 0 Å². The summed E-state index contributed by atoms with van der Waals surface area (Å²) in [6, 6.07) is 7.89. The fourth-order valence-corrected chi connectivity index (χ4v) is 4.20. The fraction of sp³-hybridized carbons (Fsp3) is 0.560. The first-order valence-corrected chi connectivity index (χ1v) is 10.4. The molecule has 1 aliphatic carbocycles. The second-order valence-corrected chi connectivity index (χ2v) is 10.00. The Morgan fingerprint density at radius 3 is 1.97 bits per heavy atom. The van der Waals surface area contributed by atoms with Crippen molar-refractivity contribution in [2.75, 3.05) is 0 Å². The zero-order valence-corrected chi connectivity index (χ0v) is 18.5. The van der Waals surface area contributed by atoms with E-state index in [1.165, 1.54) is 0 Å². The van der Waals surface area contributed by atoms with Crippen LogP contribution in [0.2, 0.25) is 0 Å². The smallest absolute Gasteiger partial charge is 0.307 e. The molecule has 0 radical (unpaired) electrons. The number of hydrogen-bond acceptors (Lipinski definition) is 3. The maximum atomic E-state index is 13.2. The minimum absolute atomic E-state index is 0.00889. The summed E-state index contributed by atoms with van der Waals surface area (Å²) in [7, 11) is 0. The van der Waals surface area contributed by atoms with Crippen LogP contribution in [0.15, 0.2) is 36.4 Å². The number of carbonyl (C=O) groups is 3. The molecular weight excluding hydrogens is 364 g/mol. The molecule has 3 unspecified atom stereocenters. The molecule has 0 aromatic heterocycles. The number of carboxylic acids is 1. The first-order chi connectivity index (χ1) is 13.3. The lowest BCUT2D eigenvalue weighted by Crippen LogP contribution is -2.39. The second-order valence-electron chi connectivity index (χ2n) is 10.00. The van der Waals surface area contributed by atoms with Crippen LogP contribution in [0.4, 0.5) is 0 Å². The van der Waals surface area contributed by atoms with Crippen molar-refractivity contribution in [2.45, 2.75) is 66.7 Å². The third-order valence-corrected chi connectivity index (χ3v) is 6.01. The van der Waals surface area contributed by atoms with E-state index in [4.69, 9.17) is 0 Å². The highest BCUT2D eigenvalue weighted by molar-refractivity contribution is 5.91. The van der Waals surface area contributed by atoms with Crippen molar-refractivity contribution in [1.29, 1.82) is 0 Å². The largest absolute Gasteiger partial charge is 0.481 e. The first-order valence-electron chi connectivity index (χ1n) is 10.4. The van der Waals surface area contributed by atoms with E-state index < -0.39 is 23.2 Å². The Bertz CT molecular complexity index is 793. The molecule has 29 heavy (non-hydrogen) atoms. The molecule has 0 saturated carbocycles. The van der Waals surface area contributed by atoms with E-state index in [0.717, 1.165) is 11.1 Å². The monoisotopic (exact) mass is 398 g/mol. The van der Waals surface area contributed by atoms with Crippen molar-refractivity contribution in [3.63, 3.8) is 0 Å². The van der Waals surface area contributed by atoms with Gasteiger partial charge >= 0.3 is 5.97 Å². The Hall–Kier alpha value is -2.23. The molecule has 0 fully saturated rings. The quantitative estimate of drug-likeness (QED) is 0.640. The minimum Gasteiger partial charge on any atom is -0.481 e. The van der Waals surface area contributed by atoms with Gasteiger partial charge in [0.1, 0.15) is 11.6 Å². The predicted octanol–water partition coefficient (Wildman–Crippen LogP) is 5.21. The molecule has 0 saturated heterocycles. The van der Waals surface area contributed by atoms with E-state index in [1.807, 2.05) is 78.0 Å². The Morgan fingerprint density at radius 2 is 1.48 bits per heavy atom. The van der Waals surface area contributed by atoms with Crippen molar-refractivity contribution in [1.82, 2.24) is 0 Å². The summed E-state index contributed by atoms with van der Waals surface area (Å²) >= 11 is 0. The first kappa shape index (κ1) is 23.1. The van der Waals surface area contributed by atoms with Crippen molar-refractivity contribution in [2.24, 2.45) is 22.7 Å². The van der Waals surface area contributed by atoms with Crippen molar-refractivity contribution in [3.05, 3.63) is 47.5 Å². The Morgan fingerprint density at radius 1 is 0.966 bits per heavy atom. The maximum Gasteiger partial charge on any atom is 0.307 e. The molecule has 4 heteroatoms. The number of ketones is 2. The normalized spacial score (nSPS) is 20.9. The number of aliphatic carboxylic acids is 1. The van der Waals surface area contributed by atoms with Crippen molar-refractivity contribution < 1.29 is 19.5 Å². The molecule has 158 valence electrons. The van der Waals surface area contributed by atoms with Gasteiger partial charge in [0.2, 0.25) is 0 Å². The van der Waals surface area contributed by atoms with Crippen LogP contribution in [0, 0.1) is 22.7 Å². The van der Waals surface area contributed by atoms with Gasteiger partial charge in [-0.05, 0) is 30.4 Å². The van der Waals surface area contributed by atoms with Crippen molar-refractivity contribution >= 4 is 17.5 Å². The number of hydrogen-bond donors (Lipinski definition) is 1. The number of Topliss-reactive ketones (excluding diaryl/α,β-unsaturated/α-hetero) is 2. The van der Waals surface area contributed by atoms with Crippen molar-refractivity contribution in [3.8, 4) is 0 Å². The van der Waals surface area contributed by atoms with E-state index >= 15 is 0 Å². The molecular formula is C25H34O4. The van der Waals surface area contributed by atoms with Gasteiger partial charge in [-0.2, -0.15) is 0 Å². The topological polar surface area (TPSA) is 71.4 Å². The van der Waals surface area contributed by atoms with E-state index in [1.54, 1.807) is 0 Å². The van der Waals surface area contributed by atoms with Gasteiger partial charge in [0, 0.05) is 22.7 Å². The van der Waals surface area contributed by atoms with E-state index in [2.05, 4.69) is 0 Å². The van der Waals surface area contributed by atoms with Crippen LogP contribution in [0.1, 0.15) is 71.4 Å². The van der Waals surface area contributed by atoms with Gasteiger partial charge in [-0.25, -0.2) is 0 Å². The summed E-state index contributed by atoms with van der Waals surface area (Å²) in [5.74, 6) is -1.98. The second kappa shape index (κ2) is 8.64.